The molecule has 47 heavy (non-hydrogen) atoms. The molecular weight excluding hydrogens is 635 g/mol. The number of carbonyl (C=O) groups is 3. The fourth-order valence-corrected chi connectivity index (χ4v) is 11.2. The van der Waals surface area contributed by atoms with Crippen LogP contribution in [0.1, 0.15) is 35.3 Å². The van der Waals surface area contributed by atoms with E-state index in [1.807, 2.05) is 86.6 Å². The van der Waals surface area contributed by atoms with Crippen molar-refractivity contribution >= 4 is 52.2 Å². The average molecular weight is 668 g/mol. The number of ether oxygens (including phenoxy) is 2. The van der Waals surface area contributed by atoms with Crippen LogP contribution in [0.4, 0.5) is 11.4 Å². The molecule has 240 valence electrons. The van der Waals surface area contributed by atoms with Crippen molar-refractivity contribution in [3.8, 4) is 11.5 Å². The average Bonchev–Trinajstić information content (AvgIpc) is 3.80. The molecule has 11 heteroatoms. The largest absolute Gasteiger partial charge is 0.490 e. The minimum atomic E-state index is -0.379. The SMILES string of the molecule is CCOc1cc([C@H]2c3sc(=O)[nH]c3SC3C4CC(C5C(=O)N(c6ccccc6)C(=O)C45)C32)ccc1OCC(=O)Nc1ccc(C)cc1. The van der Waals surface area contributed by atoms with Gasteiger partial charge in [-0.05, 0) is 80.0 Å². The lowest BCUT2D eigenvalue weighted by Gasteiger charge is -2.43. The number of hydrogen-bond acceptors (Lipinski definition) is 8. The monoisotopic (exact) mass is 667 g/mol. The number of thiazole rings is 1. The Morgan fingerprint density at radius 3 is 2.43 bits per heavy atom. The third-order valence-electron chi connectivity index (χ3n) is 10.1. The summed E-state index contributed by atoms with van der Waals surface area (Å²) in [5.74, 6) is -0.358. The van der Waals surface area contributed by atoms with Crippen LogP contribution >= 0.6 is 23.1 Å². The predicted molar refractivity (Wildman–Crippen MR) is 180 cm³/mol. The number of fused-ring (bicyclic) bond motifs is 9. The Morgan fingerprint density at radius 2 is 1.68 bits per heavy atom. The Bertz CT molecular complexity index is 1940. The third-order valence-corrected chi connectivity index (χ3v) is 12.6. The van der Waals surface area contributed by atoms with Crippen LogP contribution in [0.5, 0.6) is 11.5 Å². The second kappa shape index (κ2) is 11.7. The number of nitrogens with one attached hydrogen (secondary N) is 2. The van der Waals surface area contributed by atoms with E-state index in [0.717, 1.165) is 27.5 Å². The van der Waals surface area contributed by atoms with E-state index in [2.05, 4.69) is 10.3 Å². The first-order valence-corrected chi connectivity index (χ1v) is 17.6. The van der Waals surface area contributed by atoms with Crippen molar-refractivity contribution < 1.29 is 23.9 Å². The van der Waals surface area contributed by atoms with E-state index in [1.54, 1.807) is 11.8 Å². The van der Waals surface area contributed by atoms with Gasteiger partial charge >= 0.3 is 4.87 Å². The Hall–Kier alpha value is -4.35. The van der Waals surface area contributed by atoms with Crippen LogP contribution in [0.25, 0.3) is 0 Å². The Balaban J connectivity index is 1.10. The van der Waals surface area contributed by atoms with Crippen LogP contribution < -0.4 is 24.6 Å². The molecule has 3 aromatic carbocycles. The molecule has 7 atom stereocenters. The van der Waals surface area contributed by atoms with Gasteiger partial charge in [-0.1, -0.05) is 53.3 Å². The molecule has 2 saturated carbocycles. The number of aromatic nitrogens is 1. The molecule has 6 unspecified atom stereocenters. The fourth-order valence-electron chi connectivity index (χ4n) is 8.30. The number of thioether (sulfide) groups is 1. The van der Waals surface area contributed by atoms with Gasteiger partial charge in [0.2, 0.25) is 11.8 Å². The number of carbonyl (C=O) groups excluding carboxylic acids is 3. The van der Waals surface area contributed by atoms with Gasteiger partial charge in [0.25, 0.3) is 5.91 Å². The molecule has 1 saturated heterocycles. The summed E-state index contributed by atoms with van der Waals surface area (Å²) in [5.41, 5.74) is 3.37. The van der Waals surface area contributed by atoms with Crippen molar-refractivity contribution in [2.24, 2.45) is 29.6 Å². The van der Waals surface area contributed by atoms with Crippen molar-refractivity contribution in [3.63, 3.8) is 0 Å². The molecule has 2 aliphatic heterocycles. The first-order chi connectivity index (χ1) is 22.8. The van der Waals surface area contributed by atoms with Crippen LogP contribution in [-0.2, 0) is 14.4 Å². The van der Waals surface area contributed by atoms with Gasteiger partial charge in [-0.25, -0.2) is 0 Å². The van der Waals surface area contributed by atoms with E-state index in [0.29, 0.717) is 29.5 Å². The standard InChI is InChI=1S/C36H33N3O6S2/c1-3-44-25-15-19(11-14-24(25)45-17-26(40)37-20-12-9-18(2)10-13-20)27-28-22-16-23(31(28)46-33-32(27)47-36(43)38-33)30-29(22)34(41)39(35(30)42)21-7-5-4-6-8-21/h4-15,22-23,27-31H,3,16-17H2,1-2H3,(H,37,40)(H,38,43)/t22?,23?,27-,28?,29?,30?,31?/m1/s1. The molecule has 2 aliphatic carbocycles. The lowest BCUT2D eigenvalue weighted by Crippen LogP contribution is -2.42. The maximum atomic E-state index is 14.0. The van der Waals surface area contributed by atoms with E-state index < -0.39 is 0 Å². The van der Waals surface area contributed by atoms with Crippen molar-refractivity contribution in [1.82, 2.24) is 4.98 Å². The summed E-state index contributed by atoms with van der Waals surface area (Å²) < 4.78 is 12.0. The summed E-state index contributed by atoms with van der Waals surface area (Å²) in [6.07, 6.45) is 0.809. The highest BCUT2D eigenvalue weighted by atomic mass is 32.2. The predicted octanol–water partition coefficient (Wildman–Crippen LogP) is 5.84. The molecule has 0 radical (unpaired) electrons. The number of hydrogen-bond donors (Lipinski definition) is 2. The number of H-pyrrole nitrogens is 1. The van der Waals surface area contributed by atoms with Crippen LogP contribution in [-0.4, -0.2) is 41.2 Å². The number of benzene rings is 3. The number of anilines is 2. The zero-order valence-electron chi connectivity index (χ0n) is 25.8. The minimum Gasteiger partial charge on any atom is -0.490 e. The molecule has 9 nitrogen and oxygen atoms in total. The Labute approximate surface area is 279 Å². The Kier molecular flexibility index (Phi) is 7.48. The van der Waals surface area contributed by atoms with Gasteiger partial charge in [-0.3, -0.25) is 24.1 Å². The van der Waals surface area contributed by atoms with Crippen LogP contribution in [0.3, 0.4) is 0 Å². The molecule has 0 spiro atoms. The number of aryl methyl sites for hydroxylation is 1. The van der Waals surface area contributed by atoms with Crippen molar-refractivity contribution in [2.75, 3.05) is 23.4 Å². The number of rotatable bonds is 8. The second-order valence-electron chi connectivity index (χ2n) is 12.6. The molecule has 4 aromatic rings. The van der Waals surface area contributed by atoms with Gasteiger partial charge in [0.1, 0.15) is 0 Å². The maximum absolute atomic E-state index is 14.0. The van der Waals surface area contributed by atoms with Crippen molar-refractivity contribution in [1.29, 1.82) is 0 Å². The van der Waals surface area contributed by atoms with E-state index >= 15 is 0 Å². The third kappa shape index (κ3) is 4.98. The van der Waals surface area contributed by atoms with Crippen molar-refractivity contribution in [3.05, 3.63) is 98.5 Å². The number of imide groups is 1. The molecule has 2 N–H and O–H groups in total. The topological polar surface area (TPSA) is 118 Å². The lowest BCUT2D eigenvalue weighted by molar-refractivity contribution is -0.123. The molecule has 1 aromatic heterocycles. The van der Waals surface area contributed by atoms with E-state index in [9.17, 15) is 19.2 Å². The quantitative estimate of drug-likeness (QED) is 0.227. The summed E-state index contributed by atoms with van der Waals surface area (Å²) in [6.45, 7) is 4.08. The molecule has 8 rings (SSSR count). The van der Waals surface area contributed by atoms with E-state index in [-0.39, 0.29) is 70.0 Å². The second-order valence-corrected chi connectivity index (χ2v) is 14.9. The maximum Gasteiger partial charge on any atom is 0.305 e. The highest BCUT2D eigenvalue weighted by molar-refractivity contribution is 8.00. The number of para-hydroxylation sites is 1. The normalized spacial score (nSPS) is 26.9. The molecule has 2 bridgehead atoms. The zero-order valence-corrected chi connectivity index (χ0v) is 27.4. The first-order valence-electron chi connectivity index (χ1n) is 15.9. The summed E-state index contributed by atoms with van der Waals surface area (Å²) in [6, 6.07) is 22.5. The molecule has 3 heterocycles. The van der Waals surface area contributed by atoms with Gasteiger partial charge in [0.15, 0.2) is 18.1 Å². The van der Waals surface area contributed by atoms with Gasteiger partial charge in [-0.2, -0.15) is 0 Å². The number of amides is 3. The molecule has 4 aliphatic rings. The Morgan fingerprint density at radius 1 is 0.936 bits per heavy atom. The summed E-state index contributed by atoms with van der Waals surface area (Å²) >= 11 is 2.88. The number of nitrogens with zero attached hydrogens (tertiary/aromatic N) is 1. The minimum absolute atomic E-state index is 0.0000424. The highest BCUT2D eigenvalue weighted by Crippen LogP contribution is 2.68. The lowest BCUT2D eigenvalue weighted by atomic mass is 9.68. The molecule has 3 fully saturated rings. The smallest absolute Gasteiger partial charge is 0.305 e. The van der Waals surface area contributed by atoms with Gasteiger partial charge in [0.05, 0.1) is 29.2 Å². The summed E-state index contributed by atoms with van der Waals surface area (Å²) in [7, 11) is 0. The van der Waals surface area contributed by atoms with E-state index in [1.165, 1.54) is 16.2 Å². The van der Waals surface area contributed by atoms with Gasteiger partial charge in [0, 0.05) is 21.7 Å². The van der Waals surface area contributed by atoms with Crippen LogP contribution in [0.2, 0.25) is 0 Å². The molecule has 3 amide bonds. The zero-order chi connectivity index (χ0) is 32.4. The van der Waals surface area contributed by atoms with Crippen LogP contribution in [0.15, 0.2) is 82.6 Å². The van der Waals surface area contributed by atoms with Gasteiger partial charge < -0.3 is 19.8 Å². The van der Waals surface area contributed by atoms with Crippen LogP contribution in [0, 0.1) is 36.5 Å². The summed E-state index contributed by atoms with van der Waals surface area (Å²) in [4.78, 5) is 58.5. The molecular formula is C36H33N3O6S2. The van der Waals surface area contributed by atoms with Crippen molar-refractivity contribution in [2.45, 2.75) is 36.5 Å². The fraction of sp³-hybridized carbons (Fsp3) is 0.333. The highest BCUT2D eigenvalue weighted by Gasteiger charge is 2.69. The van der Waals surface area contributed by atoms with E-state index in [4.69, 9.17) is 9.47 Å². The number of aromatic amines is 1. The van der Waals surface area contributed by atoms with Gasteiger partial charge in [-0.15, -0.1) is 11.8 Å². The summed E-state index contributed by atoms with van der Waals surface area (Å²) in [5, 5.41) is 3.78. The first kappa shape index (κ1) is 30.0.